The lowest BCUT2D eigenvalue weighted by Crippen LogP contribution is -2.45. The lowest BCUT2D eigenvalue weighted by atomic mass is 10.00. The first-order chi connectivity index (χ1) is 13.7. The minimum atomic E-state index is 0. The fraction of sp³-hybridized carbons (Fsp3) is 0.636. The van der Waals surface area contributed by atoms with Crippen LogP contribution < -0.4 is 15.5 Å². The second kappa shape index (κ2) is 12.2. The van der Waals surface area contributed by atoms with Gasteiger partial charge >= 0.3 is 0 Å². The average Bonchev–Trinajstić information content (AvgIpc) is 3.17. The molecule has 0 spiro atoms. The molecule has 2 fully saturated rings. The van der Waals surface area contributed by atoms with Gasteiger partial charge in [0.2, 0.25) is 5.91 Å². The van der Waals surface area contributed by atoms with Gasteiger partial charge in [-0.25, -0.2) is 0 Å². The second-order valence-corrected chi connectivity index (χ2v) is 8.01. The smallest absolute Gasteiger partial charge is 0.224 e. The summed E-state index contributed by atoms with van der Waals surface area (Å²) < 4.78 is 0. The third-order valence-electron chi connectivity index (χ3n) is 5.60. The number of likely N-dealkylation sites (tertiary alicyclic amines) is 1. The monoisotopic (exact) mass is 513 g/mol. The number of amides is 1. The van der Waals surface area contributed by atoms with Crippen molar-refractivity contribution in [2.45, 2.75) is 45.6 Å². The number of piperidine rings is 1. The van der Waals surface area contributed by atoms with Crippen LogP contribution in [0.5, 0.6) is 0 Å². The van der Waals surface area contributed by atoms with Crippen molar-refractivity contribution in [1.29, 1.82) is 0 Å². The number of para-hydroxylation sites is 1. The third kappa shape index (κ3) is 7.35. The van der Waals surface area contributed by atoms with Crippen LogP contribution in [0.15, 0.2) is 35.3 Å². The Morgan fingerprint density at radius 3 is 2.69 bits per heavy atom. The minimum absolute atomic E-state index is 0. The Morgan fingerprint density at radius 2 is 1.97 bits per heavy atom. The Hall–Kier alpha value is -1.51. The predicted octanol–water partition coefficient (Wildman–Crippen LogP) is 3.09. The summed E-state index contributed by atoms with van der Waals surface area (Å²) >= 11 is 0. The van der Waals surface area contributed by atoms with E-state index in [1.54, 1.807) is 0 Å². The van der Waals surface area contributed by atoms with Gasteiger partial charge in [0.15, 0.2) is 5.96 Å². The van der Waals surface area contributed by atoms with E-state index in [0.717, 1.165) is 51.5 Å². The van der Waals surface area contributed by atoms with E-state index in [1.807, 2.05) is 4.90 Å². The SMILES string of the molecule is CCNC(=NCCC(=O)N1CCCC(C)C1)NC1CCN(c2ccccc2)C1.I. The molecule has 2 aliphatic heterocycles. The van der Waals surface area contributed by atoms with Crippen LogP contribution >= 0.6 is 24.0 Å². The lowest BCUT2D eigenvalue weighted by molar-refractivity contribution is -0.132. The van der Waals surface area contributed by atoms with Crippen LogP contribution in [-0.4, -0.2) is 62.1 Å². The minimum Gasteiger partial charge on any atom is -0.369 e. The number of halogens is 1. The summed E-state index contributed by atoms with van der Waals surface area (Å²) in [5.74, 6) is 1.68. The highest BCUT2D eigenvalue weighted by Gasteiger charge is 2.23. The van der Waals surface area contributed by atoms with E-state index in [9.17, 15) is 4.79 Å². The van der Waals surface area contributed by atoms with Gasteiger partial charge in [0.1, 0.15) is 0 Å². The molecule has 0 bridgehead atoms. The van der Waals surface area contributed by atoms with Crippen molar-refractivity contribution in [3.8, 4) is 0 Å². The van der Waals surface area contributed by atoms with Crippen LogP contribution in [0.25, 0.3) is 0 Å². The highest BCUT2D eigenvalue weighted by molar-refractivity contribution is 14.0. The third-order valence-corrected chi connectivity index (χ3v) is 5.60. The fourth-order valence-electron chi connectivity index (χ4n) is 4.10. The van der Waals surface area contributed by atoms with Crippen molar-refractivity contribution in [3.63, 3.8) is 0 Å². The molecule has 29 heavy (non-hydrogen) atoms. The number of anilines is 1. The second-order valence-electron chi connectivity index (χ2n) is 8.01. The number of carbonyl (C=O) groups excluding carboxylic acids is 1. The number of hydrogen-bond acceptors (Lipinski definition) is 3. The van der Waals surface area contributed by atoms with E-state index in [-0.39, 0.29) is 29.9 Å². The van der Waals surface area contributed by atoms with Crippen molar-refractivity contribution in [3.05, 3.63) is 30.3 Å². The van der Waals surface area contributed by atoms with Crippen LogP contribution in [0.3, 0.4) is 0 Å². The first-order valence-corrected chi connectivity index (χ1v) is 10.8. The molecule has 2 heterocycles. The number of aliphatic imine (C=N–C) groups is 1. The molecule has 6 nitrogen and oxygen atoms in total. The highest BCUT2D eigenvalue weighted by atomic mass is 127. The first kappa shape index (κ1) is 23.8. The summed E-state index contributed by atoms with van der Waals surface area (Å²) in [5.41, 5.74) is 1.27. The number of guanidine groups is 1. The molecule has 2 unspecified atom stereocenters. The number of nitrogens with zero attached hydrogens (tertiary/aromatic N) is 3. The number of hydrogen-bond donors (Lipinski definition) is 2. The molecular weight excluding hydrogens is 477 g/mol. The molecule has 2 saturated heterocycles. The molecule has 7 heteroatoms. The first-order valence-electron chi connectivity index (χ1n) is 10.8. The molecule has 162 valence electrons. The molecule has 0 aromatic heterocycles. The maximum atomic E-state index is 12.4. The highest BCUT2D eigenvalue weighted by Crippen LogP contribution is 2.19. The van der Waals surface area contributed by atoms with E-state index in [1.165, 1.54) is 12.1 Å². The van der Waals surface area contributed by atoms with Crippen molar-refractivity contribution < 1.29 is 4.79 Å². The normalized spacial score (nSPS) is 22.2. The van der Waals surface area contributed by atoms with Gasteiger partial charge in [-0.3, -0.25) is 9.79 Å². The Labute approximate surface area is 192 Å². The lowest BCUT2D eigenvalue weighted by Gasteiger charge is -2.30. The van der Waals surface area contributed by atoms with Gasteiger partial charge in [-0.1, -0.05) is 25.1 Å². The van der Waals surface area contributed by atoms with E-state index in [2.05, 4.69) is 64.7 Å². The van der Waals surface area contributed by atoms with Gasteiger partial charge in [-0.05, 0) is 44.2 Å². The van der Waals surface area contributed by atoms with Crippen molar-refractivity contribution in [1.82, 2.24) is 15.5 Å². The number of carbonyl (C=O) groups is 1. The van der Waals surface area contributed by atoms with Gasteiger partial charge in [0.05, 0.1) is 6.54 Å². The molecule has 2 aliphatic rings. The largest absolute Gasteiger partial charge is 0.369 e. The molecule has 1 amide bonds. The van der Waals surface area contributed by atoms with Crippen molar-refractivity contribution in [2.75, 3.05) is 44.2 Å². The van der Waals surface area contributed by atoms with Crippen LogP contribution in [-0.2, 0) is 4.79 Å². The van der Waals surface area contributed by atoms with E-state index < -0.39 is 0 Å². The number of benzene rings is 1. The topological polar surface area (TPSA) is 60.0 Å². The molecule has 3 rings (SSSR count). The molecule has 0 radical (unpaired) electrons. The maximum absolute atomic E-state index is 12.4. The Balaban J connectivity index is 0.00000300. The standard InChI is InChI=1S/C22H35N5O.HI/c1-3-23-22(24-13-11-21(28)27-14-7-8-18(2)16-27)25-19-12-15-26(17-19)20-9-5-4-6-10-20;/h4-6,9-10,18-19H,3,7-8,11-17H2,1-2H3,(H2,23,24,25);1H. The zero-order valence-electron chi connectivity index (χ0n) is 17.8. The molecule has 2 atom stereocenters. The van der Waals surface area contributed by atoms with E-state index in [4.69, 9.17) is 0 Å². The summed E-state index contributed by atoms with van der Waals surface area (Å²) in [4.78, 5) is 21.5. The molecule has 1 aromatic rings. The van der Waals surface area contributed by atoms with Crippen LogP contribution in [0.2, 0.25) is 0 Å². The summed E-state index contributed by atoms with van der Waals surface area (Å²) in [6.07, 6.45) is 3.94. The zero-order chi connectivity index (χ0) is 19.8. The van der Waals surface area contributed by atoms with Crippen molar-refractivity contribution in [2.24, 2.45) is 10.9 Å². The summed E-state index contributed by atoms with van der Waals surface area (Å²) in [5, 5.41) is 6.87. The van der Waals surface area contributed by atoms with Gasteiger partial charge in [0.25, 0.3) is 0 Å². The predicted molar refractivity (Wildman–Crippen MR) is 131 cm³/mol. The number of nitrogens with one attached hydrogen (secondary N) is 2. The molecule has 2 N–H and O–H groups in total. The van der Waals surface area contributed by atoms with E-state index >= 15 is 0 Å². The van der Waals surface area contributed by atoms with Gasteiger partial charge in [-0.2, -0.15) is 0 Å². The van der Waals surface area contributed by atoms with Gasteiger partial charge < -0.3 is 20.4 Å². The van der Waals surface area contributed by atoms with Gasteiger partial charge in [-0.15, -0.1) is 24.0 Å². The fourth-order valence-corrected chi connectivity index (χ4v) is 4.10. The Morgan fingerprint density at radius 1 is 1.17 bits per heavy atom. The van der Waals surface area contributed by atoms with Crippen molar-refractivity contribution >= 4 is 41.5 Å². The summed E-state index contributed by atoms with van der Waals surface area (Å²) in [7, 11) is 0. The Bertz CT molecular complexity index is 654. The molecule has 1 aromatic carbocycles. The zero-order valence-corrected chi connectivity index (χ0v) is 20.1. The van der Waals surface area contributed by atoms with Crippen LogP contribution in [0.1, 0.15) is 39.5 Å². The van der Waals surface area contributed by atoms with Crippen LogP contribution in [0.4, 0.5) is 5.69 Å². The summed E-state index contributed by atoms with van der Waals surface area (Å²) in [6, 6.07) is 10.9. The summed E-state index contributed by atoms with van der Waals surface area (Å²) in [6.45, 7) is 9.48. The van der Waals surface area contributed by atoms with E-state index in [0.29, 0.717) is 24.9 Å². The van der Waals surface area contributed by atoms with Gasteiger partial charge in [0, 0.05) is 50.9 Å². The Kier molecular flexibility index (Phi) is 10.0. The molecule has 0 aliphatic carbocycles. The number of rotatable bonds is 6. The quantitative estimate of drug-likeness (QED) is 0.349. The maximum Gasteiger partial charge on any atom is 0.224 e. The average molecular weight is 513 g/mol. The molecule has 0 saturated carbocycles. The van der Waals surface area contributed by atoms with Crippen LogP contribution in [0, 0.1) is 5.92 Å². The molecular formula is C22H36IN5O.